The monoisotopic (exact) mass is 247 g/mol. The third-order valence-electron chi connectivity index (χ3n) is 1.86. The standard InChI is InChI=1S/C8H4ClF2N3O2/c9-1-4-5(2-12)13-3-6(14(15)16)7(4)8(10)11/h3,8H,1H2. The van der Waals surface area contributed by atoms with E-state index in [1.165, 1.54) is 0 Å². The Morgan fingerprint density at radius 2 is 2.31 bits per heavy atom. The Bertz CT molecular complexity index is 473. The molecule has 0 unspecified atom stereocenters. The van der Waals surface area contributed by atoms with Crippen LogP contribution in [0.2, 0.25) is 0 Å². The first kappa shape index (κ1) is 12.3. The van der Waals surface area contributed by atoms with Crippen LogP contribution in [-0.4, -0.2) is 9.91 Å². The highest BCUT2D eigenvalue weighted by atomic mass is 35.5. The molecule has 0 aliphatic carbocycles. The van der Waals surface area contributed by atoms with Gasteiger partial charge in [0.25, 0.3) is 12.1 Å². The second-order valence-corrected chi connectivity index (χ2v) is 2.95. The molecule has 0 amide bonds. The van der Waals surface area contributed by atoms with Gasteiger partial charge in [-0.25, -0.2) is 13.8 Å². The summed E-state index contributed by atoms with van der Waals surface area (Å²) >= 11 is 5.39. The fourth-order valence-electron chi connectivity index (χ4n) is 1.18. The minimum atomic E-state index is -3.08. The van der Waals surface area contributed by atoms with E-state index < -0.39 is 28.5 Å². The maximum atomic E-state index is 12.7. The molecule has 1 aromatic rings. The van der Waals surface area contributed by atoms with Crippen LogP contribution in [0.1, 0.15) is 23.2 Å². The van der Waals surface area contributed by atoms with E-state index in [0.29, 0.717) is 6.20 Å². The zero-order valence-electron chi connectivity index (χ0n) is 7.65. The lowest BCUT2D eigenvalue weighted by Gasteiger charge is -2.07. The van der Waals surface area contributed by atoms with Crippen LogP contribution in [0.3, 0.4) is 0 Å². The predicted molar refractivity (Wildman–Crippen MR) is 50.1 cm³/mol. The Morgan fingerprint density at radius 1 is 1.69 bits per heavy atom. The molecule has 0 N–H and O–H groups in total. The summed E-state index contributed by atoms with van der Waals surface area (Å²) in [5, 5.41) is 19.1. The molecule has 0 aliphatic rings. The van der Waals surface area contributed by atoms with Crippen LogP contribution < -0.4 is 0 Å². The van der Waals surface area contributed by atoms with Gasteiger partial charge < -0.3 is 0 Å². The summed E-state index contributed by atoms with van der Waals surface area (Å²) in [5.41, 5.74) is -2.29. The number of rotatable bonds is 3. The number of halogens is 3. The Kier molecular flexibility index (Phi) is 3.68. The summed E-state index contributed by atoms with van der Waals surface area (Å²) in [7, 11) is 0. The van der Waals surface area contributed by atoms with Gasteiger partial charge in [-0.05, 0) is 0 Å². The average molecular weight is 248 g/mol. The molecule has 1 rings (SSSR count). The molecule has 8 heteroatoms. The van der Waals surface area contributed by atoms with E-state index in [2.05, 4.69) is 4.98 Å². The fourth-order valence-corrected chi connectivity index (χ4v) is 1.45. The van der Waals surface area contributed by atoms with Crippen molar-refractivity contribution in [1.82, 2.24) is 4.98 Å². The van der Waals surface area contributed by atoms with Crippen molar-refractivity contribution in [3.05, 3.63) is 33.1 Å². The zero-order chi connectivity index (χ0) is 12.3. The Morgan fingerprint density at radius 3 is 2.69 bits per heavy atom. The molecule has 1 heterocycles. The SMILES string of the molecule is N#Cc1ncc([N+](=O)[O-])c(C(F)F)c1CCl. The molecule has 0 bridgehead atoms. The van der Waals surface area contributed by atoms with Crippen LogP contribution in [0.15, 0.2) is 6.20 Å². The maximum Gasteiger partial charge on any atom is 0.296 e. The van der Waals surface area contributed by atoms with Crippen molar-refractivity contribution in [2.24, 2.45) is 0 Å². The normalized spacial score (nSPS) is 10.2. The molecule has 0 aromatic carbocycles. The predicted octanol–water partition coefficient (Wildman–Crippen LogP) is 2.54. The molecule has 1 aromatic heterocycles. The topological polar surface area (TPSA) is 79.8 Å². The van der Waals surface area contributed by atoms with Crippen LogP contribution in [0.5, 0.6) is 0 Å². The maximum absolute atomic E-state index is 12.7. The van der Waals surface area contributed by atoms with Crippen molar-refractivity contribution in [1.29, 1.82) is 5.26 Å². The molecule has 16 heavy (non-hydrogen) atoms. The van der Waals surface area contributed by atoms with Gasteiger partial charge >= 0.3 is 0 Å². The van der Waals surface area contributed by atoms with Crippen LogP contribution in [0, 0.1) is 21.4 Å². The average Bonchev–Trinajstić information content (AvgIpc) is 2.26. The van der Waals surface area contributed by atoms with Crippen LogP contribution in [0.4, 0.5) is 14.5 Å². The van der Waals surface area contributed by atoms with Gasteiger partial charge in [-0.2, -0.15) is 5.26 Å². The summed E-state index contributed by atoms with van der Waals surface area (Å²) in [6.07, 6.45) is -2.44. The van der Waals surface area contributed by atoms with Crippen LogP contribution in [0.25, 0.3) is 0 Å². The number of nitriles is 1. The molecular formula is C8H4ClF2N3O2. The Labute approximate surface area is 93.4 Å². The zero-order valence-corrected chi connectivity index (χ0v) is 8.41. The molecule has 0 saturated carbocycles. The van der Waals surface area contributed by atoms with Gasteiger partial charge in [0.1, 0.15) is 23.5 Å². The second kappa shape index (κ2) is 4.81. The Balaban J connectivity index is 3.58. The van der Waals surface area contributed by atoms with E-state index in [0.717, 1.165) is 0 Å². The van der Waals surface area contributed by atoms with Crippen molar-refractivity contribution in [2.75, 3.05) is 0 Å². The largest absolute Gasteiger partial charge is 0.296 e. The minimum Gasteiger partial charge on any atom is -0.258 e. The van der Waals surface area contributed by atoms with Gasteiger partial charge in [-0.1, -0.05) is 0 Å². The number of aromatic nitrogens is 1. The van der Waals surface area contributed by atoms with E-state index in [4.69, 9.17) is 16.9 Å². The van der Waals surface area contributed by atoms with Gasteiger partial charge in [0.2, 0.25) is 0 Å². The van der Waals surface area contributed by atoms with E-state index >= 15 is 0 Å². The molecule has 0 radical (unpaired) electrons. The van der Waals surface area contributed by atoms with Crippen molar-refractivity contribution in [3.63, 3.8) is 0 Å². The fraction of sp³-hybridized carbons (Fsp3) is 0.250. The van der Waals surface area contributed by atoms with Crippen molar-refractivity contribution >= 4 is 17.3 Å². The third kappa shape index (κ3) is 2.06. The first-order valence-electron chi connectivity index (χ1n) is 3.93. The number of alkyl halides is 3. The molecule has 0 atom stereocenters. The molecule has 5 nitrogen and oxygen atoms in total. The third-order valence-corrected chi connectivity index (χ3v) is 2.12. The van der Waals surface area contributed by atoms with E-state index in [9.17, 15) is 18.9 Å². The lowest BCUT2D eigenvalue weighted by atomic mass is 10.1. The van der Waals surface area contributed by atoms with Gasteiger partial charge in [-0.3, -0.25) is 10.1 Å². The summed E-state index contributed by atoms with van der Waals surface area (Å²) in [6, 6.07) is 1.56. The summed E-state index contributed by atoms with van der Waals surface area (Å²) in [4.78, 5) is 12.9. The van der Waals surface area contributed by atoms with E-state index in [1.807, 2.05) is 0 Å². The highest BCUT2D eigenvalue weighted by Gasteiger charge is 2.28. The van der Waals surface area contributed by atoms with Crippen LogP contribution in [-0.2, 0) is 5.88 Å². The lowest BCUT2D eigenvalue weighted by molar-refractivity contribution is -0.386. The highest BCUT2D eigenvalue weighted by Crippen LogP contribution is 2.33. The second-order valence-electron chi connectivity index (χ2n) is 2.69. The molecule has 84 valence electrons. The molecule has 0 spiro atoms. The van der Waals surface area contributed by atoms with Crippen LogP contribution >= 0.6 is 11.6 Å². The van der Waals surface area contributed by atoms with E-state index in [1.54, 1.807) is 6.07 Å². The number of hydrogen-bond donors (Lipinski definition) is 0. The number of nitro groups is 1. The quantitative estimate of drug-likeness (QED) is 0.467. The lowest BCUT2D eigenvalue weighted by Crippen LogP contribution is -2.04. The molecule has 0 fully saturated rings. The van der Waals surface area contributed by atoms with Crippen molar-refractivity contribution in [2.45, 2.75) is 12.3 Å². The smallest absolute Gasteiger partial charge is 0.258 e. The van der Waals surface area contributed by atoms with Crippen molar-refractivity contribution in [3.8, 4) is 6.07 Å². The highest BCUT2D eigenvalue weighted by molar-refractivity contribution is 6.17. The number of hydrogen-bond acceptors (Lipinski definition) is 4. The summed E-state index contributed by atoms with van der Waals surface area (Å²) in [5.74, 6) is -0.433. The van der Waals surface area contributed by atoms with Gasteiger partial charge in [0, 0.05) is 5.56 Å². The van der Waals surface area contributed by atoms with Crippen molar-refractivity contribution < 1.29 is 13.7 Å². The summed E-state index contributed by atoms with van der Waals surface area (Å²) in [6.45, 7) is 0. The van der Waals surface area contributed by atoms with Gasteiger partial charge in [0.15, 0.2) is 0 Å². The minimum absolute atomic E-state index is 0.298. The first-order chi connectivity index (χ1) is 7.52. The molecule has 0 aliphatic heterocycles. The Hall–Kier alpha value is -1.81. The number of pyridine rings is 1. The summed E-state index contributed by atoms with van der Waals surface area (Å²) < 4.78 is 25.3. The van der Waals surface area contributed by atoms with Gasteiger partial charge in [-0.15, -0.1) is 11.6 Å². The molecular weight excluding hydrogens is 244 g/mol. The van der Waals surface area contributed by atoms with E-state index in [-0.39, 0.29) is 11.3 Å². The van der Waals surface area contributed by atoms with Gasteiger partial charge in [0.05, 0.1) is 10.8 Å². The first-order valence-corrected chi connectivity index (χ1v) is 4.46. The number of nitrogens with zero attached hydrogens (tertiary/aromatic N) is 3. The molecule has 0 saturated heterocycles.